The molecular formula is C24H35N5O2. The van der Waals surface area contributed by atoms with Gasteiger partial charge in [0.15, 0.2) is 0 Å². The van der Waals surface area contributed by atoms with Crippen LogP contribution in [0.5, 0.6) is 0 Å². The Morgan fingerprint density at radius 3 is 2.48 bits per heavy atom. The number of morpholine rings is 1. The molecule has 2 fully saturated rings. The number of piperidine rings is 1. The van der Waals surface area contributed by atoms with E-state index in [4.69, 9.17) is 4.74 Å². The third-order valence-electron chi connectivity index (χ3n) is 6.25. The third-order valence-corrected chi connectivity index (χ3v) is 6.25. The second-order valence-electron chi connectivity index (χ2n) is 9.10. The molecule has 7 nitrogen and oxygen atoms in total. The molecule has 0 bridgehead atoms. The van der Waals surface area contributed by atoms with Gasteiger partial charge in [0, 0.05) is 25.7 Å². The van der Waals surface area contributed by atoms with Crippen molar-refractivity contribution in [2.75, 3.05) is 44.6 Å². The highest BCUT2D eigenvalue weighted by Crippen LogP contribution is 2.21. The molecular weight excluding hydrogens is 390 g/mol. The Morgan fingerprint density at radius 1 is 1.06 bits per heavy atom. The van der Waals surface area contributed by atoms with Gasteiger partial charge in [0.05, 0.1) is 31.5 Å². The van der Waals surface area contributed by atoms with Crippen molar-refractivity contribution in [3.8, 4) is 0 Å². The van der Waals surface area contributed by atoms with Crippen LogP contribution in [0, 0.1) is 5.92 Å². The van der Waals surface area contributed by atoms with Crippen LogP contribution in [-0.4, -0.2) is 77.0 Å². The fraction of sp³-hybridized carbons (Fsp3) is 0.583. The van der Waals surface area contributed by atoms with Gasteiger partial charge < -0.3 is 10.1 Å². The number of rotatable bonds is 7. The lowest BCUT2D eigenvalue weighted by Crippen LogP contribution is -2.48. The van der Waals surface area contributed by atoms with E-state index in [1.165, 1.54) is 0 Å². The van der Waals surface area contributed by atoms with E-state index in [1.807, 2.05) is 28.9 Å². The first-order chi connectivity index (χ1) is 15.0. The maximum absolute atomic E-state index is 12.6. The van der Waals surface area contributed by atoms with Crippen LogP contribution in [0.4, 0.5) is 5.82 Å². The highest BCUT2D eigenvalue weighted by atomic mass is 16.5. The Morgan fingerprint density at radius 2 is 1.77 bits per heavy atom. The predicted molar refractivity (Wildman–Crippen MR) is 122 cm³/mol. The van der Waals surface area contributed by atoms with Gasteiger partial charge in [-0.1, -0.05) is 30.3 Å². The molecule has 0 spiro atoms. The fourth-order valence-corrected chi connectivity index (χ4v) is 4.83. The van der Waals surface area contributed by atoms with Crippen LogP contribution in [0.15, 0.2) is 42.6 Å². The number of carbonyl (C=O) groups is 1. The maximum atomic E-state index is 12.6. The molecule has 7 heteroatoms. The quantitative estimate of drug-likeness (QED) is 0.739. The van der Waals surface area contributed by atoms with E-state index in [9.17, 15) is 4.79 Å². The molecule has 2 aliphatic rings. The minimum absolute atomic E-state index is 0.0316. The zero-order valence-electron chi connectivity index (χ0n) is 18.7. The van der Waals surface area contributed by atoms with Gasteiger partial charge in [-0.05, 0) is 51.3 Å². The zero-order valence-corrected chi connectivity index (χ0v) is 18.7. The van der Waals surface area contributed by atoms with Crippen LogP contribution in [0.1, 0.15) is 32.3 Å². The summed E-state index contributed by atoms with van der Waals surface area (Å²) < 4.78 is 7.69. The number of likely N-dealkylation sites (tertiary alicyclic amines) is 1. The van der Waals surface area contributed by atoms with Crippen molar-refractivity contribution in [3.63, 3.8) is 0 Å². The van der Waals surface area contributed by atoms with E-state index in [0.29, 0.717) is 31.2 Å². The Bertz CT molecular complexity index is 822. The van der Waals surface area contributed by atoms with Crippen molar-refractivity contribution < 1.29 is 9.53 Å². The van der Waals surface area contributed by atoms with Crippen molar-refractivity contribution in [1.82, 2.24) is 19.6 Å². The summed E-state index contributed by atoms with van der Waals surface area (Å²) >= 11 is 0. The average molecular weight is 426 g/mol. The Balaban J connectivity index is 1.21. The minimum atomic E-state index is 0.0316. The number of aromatic nitrogens is 2. The summed E-state index contributed by atoms with van der Waals surface area (Å²) in [6.45, 7) is 10.6. The van der Waals surface area contributed by atoms with Gasteiger partial charge in [-0.3, -0.25) is 14.6 Å². The molecule has 1 aromatic carbocycles. The molecule has 2 saturated heterocycles. The molecule has 1 N–H and O–H groups in total. The Hall–Kier alpha value is -2.22. The Kier molecular flexibility index (Phi) is 7.37. The van der Waals surface area contributed by atoms with Crippen molar-refractivity contribution in [1.29, 1.82) is 0 Å². The van der Waals surface area contributed by atoms with Gasteiger partial charge >= 0.3 is 0 Å². The smallest absolute Gasteiger partial charge is 0.239 e. The molecule has 2 aromatic rings. The first kappa shape index (κ1) is 22.0. The number of benzene rings is 1. The van der Waals surface area contributed by atoms with E-state index < -0.39 is 0 Å². The molecule has 0 saturated carbocycles. The SMILES string of the molecule is CC1CN(CC2CCN(CC(=O)Nc3ccnn3Cc3ccccc3)CC2)CC(C)O1. The molecule has 1 aromatic heterocycles. The lowest BCUT2D eigenvalue weighted by Gasteiger charge is -2.39. The number of amides is 1. The molecule has 0 radical (unpaired) electrons. The topological polar surface area (TPSA) is 62.6 Å². The molecule has 4 rings (SSSR count). The monoisotopic (exact) mass is 425 g/mol. The minimum Gasteiger partial charge on any atom is -0.373 e. The molecule has 2 aliphatic heterocycles. The summed E-state index contributed by atoms with van der Waals surface area (Å²) in [5, 5.41) is 7.40. The number of hydrogen-bond acceptors (Lipinski definition) is 5. The van der Waals surface area contributed by atoms with Gasteiger partial charge in [0.2, 0.25) is 5.91 Å². The van der Waals surface area contributed by atoms with Crippen molar-refractivity contribution in [2.45, 2.75) is 45.4 Å². The molecule has 1 amide bonds. The summed E-state index contributed by atoms with van der Waals surface area (Å²) in [6.07, 6.45) is 4.68. The molecule has 0 aliphatic carbocycles. The average Bonchev–Trinajstić information content (AvgIpc) is 3.16. The van der Waals surface area contributed by atoms with Gasteiger partial charge in [0.1, 0.15) is 5.82 Å². The largest absolute Gasteiger partial charge is 0.373 e. The third kappa shape index (κ3) is 6.38. The number of ether oxygens (including phenoxy) is 1. The summed E-state index contributed by atoms with van der Waals surface area (Å²) in [6, 6.07) is 12.0. The van der Waals surface area contributed by atoms with Gasteiger partial charge in [0.25, 0.3) is 0 Å². The standard InChI is InChI=1S/C24H35N5O2/c1-19-14-28(15-20(2)31-19)16-22-9-12-27(13-10-22)18-24(30)26-23-8-11-25-29(23)17-21-6-4-3-5-7-21/h3-8,11,19-20,22H,9-10,12-18H2,1-2H3,(H,26,30). The van der Waals surface area contributed by atoms with Gasteiger partial charge in [-0.2, -0.15) is 5.10 Å². The van der Waals surface area contributed by atoms with Crippen LogP contribution in [0.25, 0.3) is 0 Å². The van der Waals surface area contributed by atoms with E-state index in [-0.39, 0.29) is 5.91 Å². The number of hydrogen-bond donors (Lipinski definition) is 1. The number of nitrogens with zero attached hydrogens (tertiary/aromatic N) is 4. The summed E-state index contributed by atoms with van der Waals surface area (Å²) in [5.41, 5.74) is 1.16. The second-order valence-corrected chi connectivity index (χ2v) is 9.10. The van der Waals surface area contributed by atoms with Gasteiger partial charge in [-0.15, -0.1) is 0 Å². The molecule has 31 heavy (non-hydrogen) atoms. The summed E-state index contributed by atoms with van der Waals surface area (Å²) in [5.74, 6) is 1.49. The van der Waals surface area contributed by atoms with Crippen molar-refractivity contribution in [2.24, 2.45) is 5.92 Å². The zero-order chi connectivity index (χ0) is 21.6. The number of carbonyl (C=O) groups excluding carboxylic acids is 1. The number of nitrogens with one attached hydrogen (secondary N) is 1. The van der Waals surface area contributed by atoms with E-state index in [1.54, 1.807) is 6.20 Å². The molecule has 2 unspecified atom stereocenters. The maximum Gasteiger partial charge on any atom is 0.239 e. The molecule has 2 atom stereocenters. The second kappa shape index (κ2) is 10.4. The van der Waals surface area contributed by atoms with Crippen LogP contribution in [0.2, 0.25) is 0 Å². The lowest BCUT2D eigenvalue weighted by atomic mass is 9.95. The normalized spacial score (nSPS) is 23.7. The van der Waals surface area contributed by atoms with Crippen LogP contribution in [0.3, 0.4) is 0 Å². The first-order valence-electron chi connectivity index (χ1n) is 11.5. The lowest BCUT2D eigenvalue weighted by molar-refractivity contribution is -0.117. The van der Waals surface area contributed by atoms with E-state index >= 15 is 0 Å². The first-order valence-corrected chi connectivity index (χ1v) is 11.5. The molecule has 168 valence electrons. The highest BCUT2D eigenvalue weighted by Gasteiger charge is 2.27. The highest BCUT2D eigenvalue weighted by molar-refractivity contribution is 5.91. The van der Waals surface area contributed by atoms with Crippen LogP contribution in [-0.2, 0) is 16.1 Å². The van der Waals surface area contributed by atoms with Crippen molar-refractivity contribution in [3.05, 3.63) is 48.2 Å². The molecule has 3 heterocycles. The predicted octanol–water partition coefficient (Wildman–Crippen LogP) is 2.69. The van der Waals surface area contributed by atoms with E-state index in [2.05, 4.69) is 46.2 Å². The van der Waals surface area contributed by atoms with Gasteiger partial charge in [-0.25, -0.2) is 4.68 Å². The summed E-state index contributed by atoms with van der Waals surface area (Å²) in [4.78, 5) is 17.5. The van der Waals surface area contributed by atoms with Crippen LogP contribution >= 0.6 is 0 Å². The van der Waals surface area contributed by atoms with E-state index in [0.717, 1.165) is 56.9 Å². The fourth-order valence-electron chi connectivity index (χ4n) is 4.83. The van der Waals surface area contributed by atoms with Crippen molar-refractivity contribution >= 4 is 11.7 Å². The summed E-state index contributed by atoms with van der Waals surface area (Å²) in [7, 11) is 0. The number of anilines is 1. The Labute approximate surface area is 185 Å². The van der Waals surface area contributed by atoms with Crippen LogP contribution < -0.4 is 5.32 Å².